The van der Waals surface area contributed by atoms with E-state index in [0.29, 0.717) is 11.8 Å². The fourth-order valence-corrected chi connectivity index (χ4v) is 4.65. The lowest BCUT2D eigenvalue weighted by molar-refractivity contribution is -0.0231. The van der Waals surface area contributed by atoms with Gasteiger partial charge in [-0.1, -0.05) is 26.0 Å². The van der Waals surface area contributed by atoms with E-state index in [-0.39, 0.29) is 43.0 Å². The minimum atomic E-state index is -0.349. The van der Waals surface area contributed by atoms with Crippen LogP contribution in [0.4, 0.5) is 0 Å². The lowest BCUT2D eigenvalue weighted by atomic mass is 9.61. The second-order valence-electron chi connectivity index (χ2n) is 6.44. The van der Waals surface area contributed by atoms with E-state index in [4.69, 9.17) is 0 Å². The van der Waals surface area contributed by atoms with Crippen molar-refractivity contribution in [3.8, 4) is 0 Å². The van der Waals surface area contributed by atoms with Crippen molar-refractivity contribution in [2.75, 3.05) is 19.8 Å². The van der Waals surface area contributed by atoms with Gasteiger partial charge < -0.3 is 15.3 Å². The summed E-state index contributed by atoms with van der Waals surface area (Å²) in [5.74, 6) is 1.44. The molecule has 2 saturated carbocycles. The molecule has 0 radical (unpaired) electrons. The zero-order valence-electron chi connectivity index (χ0n) is 11.5. The molecule has 5 atom stereocenters. The Morgan fingerprint density at radius 3 is 2.39 bits per heavy atom. The average Bonchev–Trinajstić information content (AvgIpc) is 2.52. The lowest BCUT2D eigenvalue weighted by Gasteiger charge is -2.44. The van der Waals surface area contributed by atoms with Crippen LogP contribution in [0.2, 0.25) is 0 Å². The molecule has 0 amide bonds. The van der Waals surface area contributed by atoms with E-state index in [2.05, 4.69) is 20.4 Å². The highest BCUT2D eigenvalue weighted by atomic mass is 16.3. The van der Waals surface area contributed by atoms with Crippen molar-refractivity contribution in [1.82, 2.24) is 0 Å². The molecule has 3 N–H and O–H groups in total. The molecule has 2 fully saturated rings. The Balaban J connectivity index is 2.42. The molecule has 104 valence electrons. The summed E-state index contributed by atoms with van der Waals surface area (Å²) < 4.78 is 0. The first-order chi connectivity index (χ1) is 8.53. The molecule has 18 heavy (non-hydrogen) atoms. The highest BCUT2D eigenvalue weighted by Gasteiger charge is 2.60. The smallest absolute Gasteiger partial charge is 0.0528 e. The normalized spacial score (nSPS) is 43.8. The summed E-state index contributed by atoms with van der Waals surface area (Å²) in [6.07, 6.45) is 1.96. The van der Waals surface area contributed by atoms with Crippen LogP contribution in [0.25, 0.3) is 0 Å². The topological polar surface area (TPSA) is 60.7 Å². The van der Waals surface area contributed by atoms with Gasteiger partial charge in [0, 0.05) is 24.5 Å². The first-order valence-electron chi connectivity index (χ1n) is 7.05. The maximum atomic E-state index is 9.82. The van der Waals surface area contributed by atoms with Gasteiger partial charge in [0.25, 0.3) is 0 Å². The van der Waals surface area contributed by atoms with Crippen LogP contribution in [0.15, 0.2) is 12.2 Å². The van der Waals surface area contributed by atoms with E-state index in [9.17, 15) is 15.3 Å². The highest BCUT2D eigenvalue weighted by molar-refractivity contribution is 5.28. The molecular weight excluding hydrogens is 228 g/mol. The molecule has 0 spiro atoms. The largest absolute Gasteiger partial charge is 0.396 e. The van der Waals surface area contributed by atoms with E-state index >= 15 is 0 Å². The van der Waals surface area contributed by atoms with E-state index in [0.717, 1.165) is 18.4 Å². The predicted molar refractivity (Wildman–Crippen MR) is 70.9 cm³/mol. The third-order valence-electron chi connectivity index (χ3n) is 5.68. The predicted octanol–water partition coefficient (Wildman–Crippen LogP) is 1.43. The van der Waals surface area contributed by atoms with Crippen LogP contribution in [-0.2, 0) is 0 Å². The van der Waals surface area contributed by atoms with Crippen molar-refractivity contribution in [3.63, 3.8) is 0 Å². The second-order valence-corrected chi connectivity index (χ2v) is 6.44. The van der Waals surface area contributed by atoms with Crippen LogP contribution >= 0.6 is 0 Å². The van der Waals surface area contributed by atoms with Crippen LogP contribution < -0.4 is 0 Å². The van der Waals surface area contributed by atoms with E-state index < -0.39 is 0 Å². The Kier molecular flexibility index (Phi) is 3.86. The Hall–Kier alpha value is -0.380. The number of hydrogen-bond acceptors (Lipinski definition) is 3. The Morgan fingerprint density at radius 1 is 1.28 bits per heavy atom. The zero-order valence-corrected chi connectivity index (χ0v) is 11.5. The van der Waals surface area contributed by atoms with Crippen molar-refractivity contribution in [1.29, 1.82) is 0 Å². The minimum absolute atomic E-state index is 0.0456. The summed E-state index contributed by atoms with van der Waals surface area (Å²) in [6, 6.07) is 0. The molecule has 0 aromatic carbocycles. The van der Waals surface area contributed by atoms with Gasteiger partial charge in [0.1, 0.15) is 0 Å². The zero-order chi connectivity index (χ0) is 13.5. The second kappa shape index (κ2) is 4.95. The number of fused-ring (bicyclic) bond motifs is 2. The number of rotatable bonds is 4. The van der Waals surface area contributed by atoms with Crippen molar-refractivity contribution in [3.05, 3.63) is 12.2 Å². The van der Waals surface area contributed by atoms with E-state index in [1.54, 1.807) is 0 Å². The number of aliphatic hydroxyl groups is 3. The number of aliphatic hydroxyl groups excluding tert-OH is 3. The molecule has 0 saturated heterocycles. The van der Waals surface area contributed by atoms with Crippen LogP contribution in [0.5, 0.6) is 0 Å². The molecule has 2 aliphatic carbocycles. The van der Waals surface area contributed by atoms with Gasteiger partial charge in [0.2, 0.25) is 0 Å². The first-order valence-corrected chi connectivity index (χ1v) is 7.05. The summed E-state index contributed by atoms with van der Waals surface area (Å²) in [5.41, 5.74) is 0.623. The molecule has 0 aromatic rings. The van der Waals surface area contributed by atoms with Crippen molar-refractivity contribution < 1.29 is 15.3 Å². The Morgan fingerprint density at radius 2 is 1.94 bits per heavy atom. The Bertz CT molecular complexity index is 326. The molecule has 0 aromatic heterocycles. The van der Waals surface area contributed by atoms with Crippen molar-refractivity contribution in [2.45, 2.75) is 26.7 Å². The molecule has 5 unspecified atom stereocenters. The molecule has 3 heteroatoms. The molecule has 2 bridgehead atoms. The fourth-order valence-electron chi connectivity index (χ4n) is 4.65. The standard InChI is InChI=1S/C15H26O3/c1-9(2)11-4-5-15(8-18)10(3)12(6-16)14(11)13(15)7-17/h9,11-14,16-18H,3-8H2,1-2H3. The van der Waals surface area contributed by atoms with Gasteiger partial charge in [-0.15, -0.1) is 0 Å². The maximum Gasteiger partial charge on any atom is 0.0528 e. The molecule has 3 nitrogen and oxygen atoms in total. The molecular formula is C15H26O3. The number of hydrogen-bond donors (Lipinski definition) is 3. The molecule has 2 aliphatic rings. The summed E-state index contributed by atoms with van der Waals surface area (Å²) >= 11 is 0. The van der Waals surface area contributed by atoms with Gasteiger partial charge in [-0.3, -0.25) is 0 Å². The molecule has 0 aliphatic heterocycles. The van der Waals surface area contributed by atoms with Gasteiger partial charge in [-0.25, -0.2) is 0 Å². The van der Waals surface area contributed by atoms with Gasteiger partial charge in [-0.2, -0.15) is 0 Å². The van der Waals surface area contributed by atoms with E-state index in [1.165, 1.54) is 0 Å². The third-order valence-corrected chi connectivity index (χ3v) is 5.68. The van der Waals surface area contributed by atoms with Crippen LogP contribution in [0, 0.1) is 35.0 Å². The van der Waals surface area contributed by atoms with Crippen LogP contribution in [0.3, 0.4) is 0 Å². The van der Waals surface area contributed by atoms with Crippen molar-refractivity contribution >= 4 is 0 Å². The van der Waals surface area contributed by atoms with Gasteiger partial charge >= 0.3 is 0 Å². The molecule has 0 heterocycles. The SMILES string of the molecule is C=C1C(CO)C2C(C(C)C)CCC1(CO)C2CO. The van der Waals surface area contributed by atoms with Gasteiger partial charge in [0.05, 0.1) is 6.61 Å². The third kappa shape index (κ3) is 1.68. The van der Waals surface area contributed by atoms with Gasteiger partial charge in [-0.05, 0) is 36.5 Å². The minimum Gasteiger partial charge on any atom is -0.396 e. The Labute approximate surface area is 110 Å². The maximum absolute atomic E-state index is 9.82. The van der Waals surface area contributed by atoms with Crippen LogP contribution in [0.1, 0.15) is 26.7 Å². The fraction of sp³-hybridized carbons (Fsp3) is 0.867. The summed E-state index contributed by atoms with van der Waals surface area (Å²) in [4.78, 5) is 0. The molecule has 2 rings (SSSR count). The van der Waals surface area contributed by atoms with E-state index in [1.807, 2.05) is 0 Å². The summed E-state index contributed by atoms with van der Waals surface area (Å²) in [6.45, 7) is 8.80. The summed E-state index contributed by atoms with van der Waals surface area (Å²) in [5, 5.41) is 29.3. The van der Waals surface area contributed by atoms with Crippen LogP contribution in [-0.4, -0.2) is 35.1 Å². The summed E-state index contributed by atoms with van der Waals surface area (Å²) in [7, 11) is 0. The average molecular weight is 254 g/mol. The first kappa shape index (κ1) is 14.0. The highest BCUT2D eigenvalue weighted by Crippen LogP contribution is 2.63. The quantitative estimate of drug-likeness (QED) is 0.665. The monoisotopic (exact) mass is 254 g/mol. The lowest BCUT2D eigenvalue weighted by Crippen LogP contribution is -2.43. The van der Waals surface area contributed by atoms with Crippen molar-refractivity contribution in [2.24, 2.45) is 35.0 Å². The van der Waals surface area contributed by atoms with Gasteiger partial charge in [0.15, 0.2) is 0 Å².